The van der Waals surface area contributed by atoms with E-state index < -0.39 is 0 Å². The Labute approximate surface area is 126 Å². The molecule has 0 aliphatic heterocycles. The van der Waals surface area contributed by atoms with Crippen molar-refractivity contribution < 1.29 is 14.6 Å². The maximum Gasteiger partial charge on any atom is 0.221 e. The molecule has 1 rings (SSSR count). The first kappa shape index (κ1) is 17.3. The Kier molecular flexibility index (Phi) is 6.49. The smallest absolute Gasteiger partial charge is 0.221 e. The molecule has 1 aromatic carbocycles. The van der Waals surface area contributed by atoms with Gasteiger partial charge in [-0.05, 0) is 33.8 Å². The first-order valence-corrected chi connectivity index (χ1v) is 7.29. The summed E-state index contributed by atoms with van der Waals surface area (Å²) in [5.74, 6) is 0.663. The zero-order valence-corrected chi connectivity index (χ0v) is 13.3. The van der Waals surface area contributed by atoms with Crippen molar-refractivity contribution in [3.63, 3.8) is 0 Å². The number of rotatable bonds is 7. The minimum atomic E-state index is -0.207. The number of phenolic OH excluding ortho intramolecular Hbond substituents is 1. The number of aromatic hydroxyl groups is 1. The van der Waals surface area contributed by atoms with Crippen molar-refractivity contribution in [1.82, 2.24) is 10.6 Å². The number of nitrogens with one attached hydrogen (secondary N) is 2. The number of carbonyl (C=O) groups is 1. The second kappa shape index (κ2) is 7.88. The van der Waals surface area contributed by atoms with Crippen LogP contribution in [0.3, 0.4) is 0 Å². The third-order valence-corrected chi connectivity index (χ3v) is 2.74. The minimum Gasteiger partial charge on any atom is -0.504 e. The Balaban J connectivity index is 2.39. The van der Waals surface area contributed by atoms with E-state index in [4.69, 9.17) is 4.74 Å². The van der Waals surface area contributed by atoms with Gasteiger partial charge in [-0.25, -0.2) is 0 Å². The van der Waals surface area contributed by atoms with Gasteiger partial charge in [-0.3, -0.25) is 4.79 Å². The molecular weight excluding hydrogens is 268 g/mol. The van der Waals surface area contributed by atoms with E-state index in [0.29, 0.717) is 31.9 Å². The third-order valence-electron chi connectivity index (χ3n) is 2.74. The molecule has 0 saturated heterocycles. The van der Waals surface area contributed by atoms with Crippen LogP contribution in [0.4, 0.5) is 0 Å². The third kappa shape index (κ3) is 6.49. The zero-order valence-electron chi connectivity index (χ0n) is 13.3. The molecule has 0 heterocycles. The molecular formula is C16H26N2O3. The lowest BCUT2D eigenvalue weighted by molar-refractivity contribution is -0.122. The number of phenols is 1. The van der Waals surface area contributed by atoms with Crippen LogP contribution in [0.5, 0.6) is 11.5 Å². The van der Waals surface area contributed by atoms with Crippen LogP contribution < -0.4 is 15.4 Å². The first-order valence-electron chi connectivity index (χ1n) is 7.29. The SMILES string of the molecule is CCOc1cccc(CNCCC(=O)NC(C)(C)C)c1O. The molecule has 0 aliphatic carbocycles. The average Bonchev–Trinajstić information content (AvgIpc) is 2.37. The summed E-state index contributed by atoms with van der Waals surface area (Å²) in [6.45, 7) is 9.30. The molecule has 0 radical (unpaired) electrons. The predicted molar refractivity (Wildman–Crippen MR) is 83.5 cm³/mol. The molecule has 1 aromatic rings. The van der Waals surface area contributed by atoms with Crippen LogP contribution >= 0.6 is 0 Å². The van der Waals surface area contributed by atoms with E-state index in [1.165, 1.54) is 0 Å². The standard InChI is InChI=1S/C16H26N2O3/c1-5-21-13-8-6-7-12(15(13)20)11-17-10-9-14(19)18-16(2,3)4/h6-8,17,20H,5,9-11H2,1-4H3,(H,18,19). The summed E-state index contributed by atoms with van der Waals surface area (Å²) in [5.41, 5.74) is 0.554. The highest BCUT2D eigenvalue weighted by Crippen LogP contribution is 2.29. The number of para-hydroxylation sites is 1. The van der Waals surface area contributed by atoms with E-state index in [2.05, 4.69) is 10.6 Å². The number of hydrogen-bond donors (Lipinski definition) is 3. The summed E-state index contributed by atoms with van der Waals surface area (Å²) >= 11 is 0. The number of amides is 1. The van der Waals surface area contributed by atoms with E-state index in [1.54, 1.807) is 6.07 Å². The average molecular weight is 294 g/mol. The molecule has 0 unspecified atom stereocenters. The first-order chi connectivity index (χ1) is 9.83. The highest BCUT2D eigenvalue weighted by Gasteiger charge is 2.13. The zero-order chi connectivity index (χ0) is 15.9. The lowest BCUT2D eigenvalue weighted by Gasteiger charge is -2.20. The van der Waals surface area contributed by atoms with E-state index in [9.17, 15) is 9.90 Å². The summed E-state index contributed by atoms with van der Waals surface area (Å²) in [6.07, 6.45) is 0.406. The second-order valence-electron chi connectivity index (χ2n) is 5.92. The van der Waals surface area contributed by atoms with Crippen LogP contribution in [-0.4, -0.2) is 29.7 Å². The molecule has 0 spiro atoms. The Morgan fingerprint density at radius 1 is 1.33 bits per heavy atom. The van der Waals surface area contributed by atoms with Crippen LogP contribution in [-0.2, 0) is 11.3 Å². The van der Waals surface area contributed by atoms with Crippen LogP contribution in [0, 0.1) is 0 Å². The highest BCUT2D eigenvalue weighted by molar-refractivity contribution is 5.76. The topological polar surface area (TPSA) is 70.6 Å². The lowest BCUT2D eigenvalue weighted by Crippen LogP contribution is -2.41. The van der Waals surface area contributed by atoms with Crippen molar-refractivity contribution in [3.05, 3.63) is 23.8 Å². The van der Waals surface area contributed by atoms with Crippen molar-refractivity contribution >= 4 is 5.91 Å². The monoisotopic (exact) mass is 294 g/mol. The fraction of sp³-hybridized carbons (Fsp3) is 0.562. The van der Waals surface area contributed by atoms with Crippen molar-refractivity contribution in [2.24, 2.45) is 0 Å². The summed E-state index contributed by atoms with van der Waals surface area (Å²) in [6, 6.07) is 5.41. The maximum atomic E-state index is 11.7. The van der Waals surface area contributed by atoms with Crippen LogP contribution in [0.15, 0.2) is 18.2 Å². The molecule has 5 nitrogen and oxygen atoms in total. The van der Waals surface area contributed by atoms with Gasteiger partial charge in [0.05, 0.1) is 6.61 Å². The molecule has 0 aromatic heterocycles. The molecule has 0 atom stereocenters. The molecule has 0 aliphatic rings. The summed E-state index contributed by atoms with van der Waals surface area (Å²) in [7, 11) is 0. The van der Waals surface area contributed by atoms with Gasteiger partial charge in [0.25, 0.3) is 0 Å². The van der Waals surface area contributed by atoms with Crippen molar-refractivity contribution in [2.45, 2.75) is 46.2 Å². The minimum absolute atomic E-state index is 0.0160. The van der Waals surface area contributed by atoms with Gasteiger partial charge < -0.3 is 20.5 Å². The molecule has 21 heavy (non-hydrogen) atoms. The fourth-order valence-electron chi connectivity index (χ4n) is 1.89. The molecule has 0 fully saturated rings. The van der Waals surface area contributed by atoms with E-state index in [-0.39, 0.29) is 17.2 Å². The van der Waals surface area contributed by atoms with Gasteiger partial charge in [-0.1, -0.05) is 12.1 Å². The quantitative estimate of drug-likeness (QED) is 0.674. The molecule has 5 heteroatoms. The van der Waals surface area contributed by atoms with Crippen molar-refractivity contribution in [2.75, 3.05) is 13.2 Å². The van der Waals surface area contributed by atoms with Crippen molar-refractivity contribution in [1.29, 1.82) is 0 Å². The van der Waals surface area contributed by atoms with E-state index in [1.807, 2.05) is 39.8 Å². The van der Waals surface area contributed by atoms with Crippen LogP contribution in [0.2, 0.25) is 0 Å². The predicted octanol–water partition coefficient (Wildman–Crippen LogP) is 2.19. The Morgan fingerprint density at radius 2 is 2.05 bits per heavy atom. The van der Waals surface area contributed by atoms with E-state index in [0.717, 1.165) is 5.56 Å². The van der Waals surface area contributed by atoms with Gasteiger partial charge in [-0.2, -0.15) is 0 Å². The Bertz CT molecular complexity index is 467. The molecule has 1 amide bonds. The van der Waals surface area contributed by atoms with Crippen LogP contribution in [0.25, 0.3) is 0 Å². The number of ether oxygens (including phenoxy) is 1. The van der Waals surface area contributed by atoms with Gasteiger partial charge in [0.1, 0.15) is 0 Å². The van der Waals surface area contributed by atoms with E-state index >= 15 is 0 Å². The normalized spacial score (nSPS) is 11.2. The Hall–Kier alpha value is -1.75. The molecule has 3 N–H and O–H groups in total. The van der Waals surface area contributed by atoms with Crippen LogP contribution in [0.1, 0.15) is 39.7 Å². The second-order valence-corrected chi connectivity index (χ2v) is 5.92. The fourth-order valence-corrected chi connectivity index (χ4v) is 1.89. The van der Waals surface area contributed by atoms with Gasteiger partial charge in [0.15, 0.2) is 11.5 Å². The lowest BCUT2D eigenvalue weighted by atomic mass is 10.1. The van der Waals surface area contributed by atoms with Gasteiger partial charge in [0, 0.05) is 30.6 Å². The van der Waals surface area contributed by atoms with Crippen molar-refractivity contribution in [3.8, 4) is 11.5 Å². The highest BCUT2D eigenvalue weighted by atomic mass is 16.5. The van der Waals surface area contributed by atoms with Gasteiger partial charge in [0.2, 0.25) is 5.91 Å². The summed E-state index contributed by atoms with van der Waals surface area (Å²) in [4.78, 5) is 11.7. The Morgan fingerprint density at radius 3 is 2.67 bits per heavy atom. The molecule has 118 valence electrons. The molecule has 0 saturated carbocycles. The number of carbonyl (C=O) groups excluding carboxylic acids is 1. The summed E-state index contributed by atoms with van der Waals surface area (Å²) < 4.78 is 5.33. The number of benzene rings is 1. The molecule has 0 bridgehead atoms. The maximum absolute atomic E-state index is 11.7. The van der Waals surface area contributed by atoms with Gasteiger partial charge in [-0.15, -0.1) is 0 Å². The van der Waals surface area contributed by atoms with Gasteiger partial charge >= 0.3 is 0 Å². The largest absolute Gasteiger partial charge is 0.504 e. The summed E-state index contributed by atoms with van der Waals surface area (Å²) in [5, 5.41) is 16.1. The number of hydrogen-bond acceptors (Lipinski definition) is 4.